The van der Waals surface area contributed by atoms with E-state index in [-0.39, 0.29) is 12.5 Å². The summed E-state index contributed by atoms with van der Waals surface area (Å²) in [5.41, 5.74) is -0.294. The van der Waals surface area contributed by atoms with Crippen molar-refractivity contribution in [2.24, 2.45) is 0 Å². The summed E-state index contributed by atoms with van der Waals surface area (Å²) in [4.78, 5) is 12.0. The van der Waals surface area contributed by atoms with Gasteiger partial charge in [0, 0.05) is 39.0 Å². The lowest BCUT2D eigenvalue weighted by molar-refractivity contribution is -0.0605. The second kappa shape index (κ2) is 5.54. The summed E-state index contributed by atoms with van der Waals surface area (Å²) in [5, 5.41) is 13.0. The van der Waals surface area contributed by atoms with Crippen molar-refractivity contribution in [2.45, 2.75) is 31.8 Å². The molecule has 2 rings (SSSR count). The molecule has 1 aliphatic rings. The van der Waals surface area contributed by atoms with Crippen LogP contribution < -0.4 is 5.32 Å². The Morgan fingerprint density at radius 2 is 2.22 bits per heavy atom. The molecule has 5 nitrogen and oxygen atoms in total. The summed E-state index contributed by atoms with van der Waals surface area (Å²) in [5.74, 6) is 0.479. The molecule has 0 radical (unpaired) electrons. The fourth-order valence-corrected chi connectivity index (χ4v) is 2.08. The van der Waals surface area contributed by atoms with Crippen LogP contribution in [0.5, 0.6) is 0 Å². The number of nitrogens with one attached hydrogen (secondary N) is 1. The Balaban J connectivity index is 1.92. The Kier molecular flexibility index (Phi) is 4.04. The van der Waals surface area contributed by atoms with Gasteiger partial charge in [-0.25, -0.2) is 0 Å². The summed E-state index contributed by atoms with van der Waals surface area (Å²) < 4.78 is 10.4. The van der Waals surface area contributed by atoms with Crippen LogP contribution in [-0.4, -0.2) is 36.4 Å². The smallest absolute Gasteiger partial charge is 0.254 e. The van der Waals surface area contributed by atoms with Gasteiger partial charge < -0.3 is 19.6 Å². The number of hydrogen-bond acceptors (Lipinski definition) is 4. The van der Waals surface area contributed by atoms with Crippen LogP contribution in [0, 0.1) is 0 Å². The molecular weight excluding hydrogens is 234 g/mol. The number of furan rings is 1. The standard InChI is InChI=1S/C13H19NO4/c1-2-11-10(3-6-18-11)12(15)14-9-13(16)4-7-17-8-5-13/h3,6,16H,2,4-5,7-9H2,1H3,(H,14,15). The van der Waals surface area contributed by atoms with Gasteiger partial charge in [0.1, 0.15) is 5.76 Å². The van der Waals surface area contributed by atoms with E-state index < -0.39 is 5.60 Å². The number of amides is 1. The highest BCUT2D eigenvalue weighted by Crippen LogP contribution is 2.19. The molecular formula is C13H19NO4. The minimum absolute atomic E-state index is 0.194. The van der Waals surface area contributed by atoms with Crippen molar-refractivity contribution in [3.05, 3.63) is 23.7 Å². The van der Waals surface area contributed by atoms with E-state index in [9.17, 15) is 9.90 Å². The quantitative estimate of drug-likeness (QED) is 0.843. The molecule has 1 saturated heterocycles. The van der Waals surface area contributed by atoms with E-state index in [1.165, 1.54) is 6.26 Å². The number of ether oxygens (including phenoxy) is 1. The van der Waals surface area contributed by atoms with Gasteiger partial charge in [-0.3, -0.25) is 4.79 Å². The van der Waals surface area contributed by atoms with Crippen molar-refractivity contribution in [1.29, 1.82) is 0 Å². The third-order valence-corrected chi connectivity index (χ3v) is 3.31. The van der Waals surface area contributed by atoms with Crippen molar-refractivity contribution in [3.63, 3.8) is 0 Å². The van der Waals surface area contributed by atoms with E-state index in [1.54, 1.807) is 6.07 Å². The molecule has 18 heavy (non-hydrogen) atoms. The number of aryl methyl sites for hydroxylation is 1. The van der Waals surface area contributed by atoms with Gasteiger partial charge in [0.25, 0.3) is 5.91 Å². The number of hydrogen-bond donors (Lipinski definition) is 2. The van der Waals surface area contributed by atoms with E-state index in [0.717, 1.165) is 0 Å². The molecule has 0 saturated carbocycles. The summed E-state index contributed by atoms with van der Waals surface area (Å²) in [6, 6.07) is 1.65. The lowest BCUT2D eigenvalue weighted by Gasteiger charge is -2.32. The Hall–Kier alpha value is -1.33. The molecule has 0 aromatic carbocycles. The number of carbonyl (C=O) groups is 1. The number of carbonyl (C=O) groups excluding carboxylic acids is 1. The molecule has 5 heteroatoms. The van der Waals surface area contributed by atoms with E-state index in [1.807, 2.05) is 6.92 Å². The average Bonchev–Trinajstić information content (AvgIpc) is 2.85. The molecule has 2 N–H and O–H groups in total. The van der Waals surface area contributed by atoms with Crippen LogP contribution in [-0.2, 0) is 11.2 Å². The lowest BCUT2D eigenvalue weighted by atomic mass is 9.94. The van der Waals surface area contributed by atoms with Gasteiger partial charge in [-0.2, -0.15) is 0 Å². The Morgan fingerprint density at radius 3 is 2.89 bits per heavy atom. The maximum atomic E-state index is 12.0. The predicted molar refractivity (Wildman–Crippen MR) is 65.4 cm³/mol. The highest BCUT2D eigenvalue weighted by Gasteiger charge is 2.30. The molecule has 100 valence electrons. The molecule has 1 aliphatic heterocycles. The molecule has 0 atom stereocenters. The van der Waals surface area contributed by atoms with Gasteiger partial charge in [-0.05, 0) is 6.07 Å². The number of aliphatic hydroxyl groups is 1. The van der Waals surface area contributed by atoms with Gasteiger partial charge in [0.15, 0.2) is 0 Å². The minimum Gasteiger partial charge on any atom is -0.469 e. The minimum atomic E-state index is -0.843. The Labute approximate surface area is 106 Å². The molecule has 0 aliphatic carbocycles. The first-order chi connectivity index (χ1) is 8.64. The average molecular weight is 253 g/mol. The van der Waals surface area contributed by atoms with Crippen molar-refractivity contribution < 1.29 is 19.1 Å². The Bertz CT molecular complexity index is 407. The summed E-state index contributed by atoms with van der Waals surface area (Å²) in [7, 11) is 0. The highest BCUT2D eigenvalue weighted by molar-refractivity contribution is 5.95. The summed E-state index contributed by atoms with van der Waals surface area (Å²) in [6.45, 7) is 3.27. The lowest BCUT2D eigenvalue weighted by Crippen LogP contribution is -2.46. The molecule has 0 unspecified atom stereocenters. The maximum Gasteiger partial charge on any atom is 0.254 e. The molecule has 1 aromatic heterocycles. The summed E-state index contributed by atoms with van der Waals surface area (Å²) in [6.07, 6.45) is 3.30. The molecule has 2 heterocycles. The van der Waals surface area contributed by atoms with E-state index in [4.69, 9.17) is 9.15 Å². The van der Waals surface area contributed by atoms with Crippen LogP contribution in [0.3, 0.4) is 0 Å². The van der Waals surface area contributed by atoms with E-state index in [0.29, 0.717) is 43.8 Å². The first kappa shape index (κ1) is 13.1. The molecule has 1 aromatic rings. The van der Waals surface area contributed by atoms with Crippen LogP contribution >= 0.6 is 0 Å². The predicted octanol–water partition coefficient (Wildman–Crippen LogP) is 1.11. The largest absolute Gasteiger partial charge is 0.469 e. The highest BCUT2D eigenvalue weighted by atomic mass is 16.5. The van der Waals surface area contributed by atoms with Crippen LogP contribution in [0.15, 0.2) is 16.7 Å². The zero-order chi connectivity index (χ0) is 13.0. The topological polar surface area (TPSA) is 71.7 Å². The SMILES string of the molecule is CCc1occc1C(=O)NCC1(O)CCOCC1. The van der Waals surface area contributed by atoms with Gasteiger partial charge >= 0.3 is 0 Å². The fraction of sp³-hybridized carbons (Fsp3) is 0.615. The maximum absolute atomic E-state index is 12.0. The number of rotatable bonds is 4. The molecule has 1 fully saturated rings. The van der Waals surface area contributed by atoms with Gasteiger partial charge in [0.2, 0.25) is 0 Å². The van der Waals surface area contributed by atoms with Crippen molar-refractivity contribution in [3.8, 4) is 0 Å². The van der Waals surface area contributed by atoms with Crippen molar-refractivity contribution in [2.75, 3.05) is 19.8 Å². The second-order valence-electron chi connectivity index (χ2n) is 4.63. The normalized spacial score (nSPS) is 18.6. The van der Waals surface area contributed by atoms with E-state index >= 15 is 0 Å². The van der Waals surface area contributed by atoms with E-state index in [2.05, 4.69) is 5.32 Å². The first-order valence-corrected chi connectivity index (χ1v) is 6.29. The molecule has 1 amide bonds. The Morgan fingerprint density at radius 1 is 1.50 bits per heavy atom. The van der Waals surface area contributed by atoms with Gasteiger partial charge in [0.05, 0.1) is 17.4 Å². The zero-order valence-electron chi connectivity index (χ0n) is 10.6. The summed E-state index contributed by atoms with van der Waals surface area (Å²) >= 11 is 0. The third kappa shape index (κ3) is 2.91. The monoisotopic (exact) mass is 253 g/mol. The fourth-order valence-electron chi connectivity index (χ4n) is 2.08. The van der Waals surface area contributed by atoms with Crippen LogP contribution in [0.4, 0.5) is 0 Å². The van der Waals surface area contributed by atoms with Crippen LogP contribution in [0.1, 0.15) is 35.9 Å². The van der Waals surface area contributed by atoms with Crippen LogP contribution in [0.25, 0.3) is 0 Å². The first-order valence-electron chi connectivity index (χ1n) is 6.29. The van der Waals surface area contributed by atoms with Crippen LogP contribution in [0.2, 0.25) is 0 Å². The second-order valence-corrected chi connectivity index (χ2v) is 4.63. The third-order valence-electron chi connectivity index (χ3n) is 3.31. The van der Waals surface area contributed by atoms with Gasteiger partial charge in [-0.15, -0.1) is 0 Å². The zero-order valence-corrected chi connectivity index (χ0v) is 10.6. The van der Waals surface area contributed by atoms with Crippen molar-refractivity contribution >= 4 is 5.91 Å². The molecule has 0 bridgehead atoms. The van der Waals surface area contributed by atoms with Gasteiger partial charge in [-0.1, -0.05) is 6.92 Å². The van der Waals surface area contributed by atoms with Crippen molar-refractivity contribution in [1.82, 2.24) is 5.32 Å². The molecule has 0 spiro atoms.